The normalized spacial score (nSPS) is 17.7. The standard InChI is InChI=1S/C21H30N8O5.C4H11N.C2H4O2/c22-21(23)24-8-4-7-14-20(34)29-15(9-13-5-2-1-3-6-13)19(33)27-11-17(31)25-10-16(30)26-12-18(32)28-14;1-2-3-4-5;1-2(3)4/h1-3,5-6,14-15H,4,7-12H2,(H,25,31)(H,26,30)(H,27,33)(H,28,32)(H,29,34)(H4,22,23,24);2-5H2,1H3;1H3,(H,3,4)/t14?,15-;;/m1../s1. The number of carbonyl (C=O) groups excluding carboxylic acids is 5. The smallest absolute Gasteiger partial charge is 0.300 e. The number of hydrogen-bond donors (Lipinski definition) is 9. The molecule has 5 amide bonds. The third kappa shape index (κ3) is 20.7. The van der Waals surface area contributed by atoms with Crippen LogP contribution in [0.4, 0.5) is 0 Å². The van der Waals surface area contributed by atoms with Crippen LogP contribution in [0, 0.1) is 0 Å². The summed E-state index contributed by atoms with van der Waals surface area (Å²) in [7, 11) is 0. The minimum Gasteiger partial charge on any atom is -0.481 e. The fourth-order valence-corrected chi connectivity index (χ4v) is 3.33. The zero-order valence-electron chi connectivity index (χ0n) is 24.7. The van der Waals surface area contributed by atoms with Crippen LogP contribution in [0.1, 0.15) is 45.1 Å². The largest absolute Gasteiger partial charge is 0.481 e. The van der Waals surface area contributed by atoms with Crippen molar-refractivity contribution < 1.29 is 33.9 Å². The Morgan fingerprint density at radius 1 is 0.860 bits per heavy atom. The summed E-state index contributed by atoms with van der Waals surface area (Å²) in [6.07, 6.45) is 3.10. The van der Waals surface area contributed by atoms with Crippen LogP contribution in [0.3, 0.4) is 0 Å². The van der Waals surface area contributed by atoms with Gasteiger partial charge in [-0.15, -0.1) is 0 Å². The average molecular weight is 608 g/mol. The van der Waals surface area contributed by atoms with Crippen molar-refractivity contribution in [3.8, 4) is 0 Å². The molecular weight excluding hydrogens is 562 g/mol. The summed E-state index contributed by atoms with van der Waals surface area (Å²) in [5.74, 6) is -3.91. The second-order valence-corrected chi connectivity index (χ2v) is 9.25. The molecule has 2 rings (SSSR count). The Balaban J connectivity index is 0.00000171. The number of rotatable bonds is 8. The van der Waals surface area contributed by atoms with E-state index >= 15 is 0 Å². The van der Waals surface area contributed by atoms with Crippen LogP contribution in [0.15, 0.2) is 35.3 Å². The molecule has 1 saturated heterocycles. The molecule has 1 heterocycles. The molecule has 1 unspecified atom stereocenters. The summed E-state index contributed by atoms with van der Waals surface area (Å²) in [5.41, 5.74) is 16.5. The fourth-order valence-electron chi connectivity index (χ4n) is 3.33. The van der Waals surface area contributed by atoms with Crippen molar-refractivity contribution in [2.45, 2.75) is 58.0 Å². The second-order valence-electron chi connectivity index (χ2n) is 9.25. The molecule has 240 valence electrons. The number of benzene rings is 1. The minimum absolute atomic E-state index is 0.0963. The lowest BCUT2D eigenvalue weighted by Gasteiger charge is -2.23. The van der Waals surface area contributed by atoms with Crippen molar-refractivity contribution >= 4 is 41.5 Å². The van der Waals surface area contributed by atoms with Crippen LogP contribution in [-0.2, 0) is 35.2 Å². The molecule has 16 nitrogen and oxygen atoms in total. The third-order valence-corrected chi connectivity index (χ3v) is 5.39. The van der Waals surface area contributed by atoms with Crippen molar-refractivity contribution in [2.75, 3.05) is 32.7 Å². The Morgan fingerprint density at radius 3 is 1.93 bits per heavy atom. The zero-order chi connectivity index (χ0) is 32.6. The first-order valence-electron chi connectivity index (χ1n) is 13.8. The van der Waals surface area contributed by atoms with E-state index in [-0.39, 0.29) is 38.4 Å². The lowest BCUT2D eigenvalue weighted by molar-refractivity contribution is -0.134. The highest BCUT2D eigenvalue weighted by molar-refractivity contribution is 5.95. The Labute approximate surface area is 251 Å². The summed E-state index contributed by atoms with van der Waals surface area (Å²) >= 11 is 0. The predicted molar refractivity (Wildman–Crippen MR) is 160 cm³/mol. The number of aliphatic carboxylic acids is 1. The van der Waals surface area contributed by atoms with Gasteiger partial charge in [0.1, 0.15) is 12.1 Å². The van der Waals surface area contributed by atoms with E-state index < -0.39 is 54.1 Å². The topological polar surface area (TPSA) is 273 Å². The number of carbonyl (C=O) groups is 6. The first-order valence-corrected chi connectivity index (χ1v) is 13.8. The number of carboxylic acids is 1. The van der Waals surface area contributed by atoms with Gasteiger partial charge in [-0.3, -0.25) is 33.8 Å². The molecule has 0 aromatic heterocycles. The van der Waals surface area contributed by atoms with Gasteiger partial charge in [0, 0.05) is 19.9 Å². The van der Waals surface area contributed by atoms with Crippen LogP contribution in [0.2, 0.25) is 0 Å². The lowest BCUT2D eigenvalue weighted by Crippen LogP contribution is -2.55. The molecule has 12 N–H and O–H groups in total. The van der Waals surface area contributed by atoms with Crippen molar-refractivity contribution in [2.24, 2.45) is 22.2 Å². The van der Waals surface area contributed by atoms with Gasteiger partial charge < -0.3 is 48.9 Å². The van der Waals surface area contributed by atoms with E-state index in [1.165, 1.54) is 12.8 Å². The van der Waals surface area contributed by atoms with Crippen molar-refractivity contribution in [3.63, 3.8) is 0 Å². The van der Waals surface area contributed by atoms with E-state index in [4.69, 9.17) is 27.1 Å². The van der Waals surface area contributed by atoms with Crippen molar-refractivity contribution in [1.82, 2.24) is 26.6 Å². The van der Waals surface area contributed by atoms with Crippen molar-refractivity contribution in [1.29, 1.82) is 0 Å². The first-order chi connectivity index (χ1) is 20.4. The molecule has 1 aromatic rings. The van der Waals surface area contributed by atoms with Crippen LogP contribution in [0.25, 0.3) is 0 Å². The van der Waals surface area contributed by atoms with Gasteiger partial charge in [-0.05, 0) is 31.4 Å². The minimum atomic E-state index is -1.01. The Hall–Kier alpha value is -4.73. The number of amides is 5. The SMILES string of the molecule is CC(=O)O.CCCCN.NC(N)=NCCCC1NC(=O)CNC(=O)CNC(=O)CNC(=O)[C@@H](Cc2ccccc2)NC1=O. The summed E-state index contributed by atoms with van der Waals surface area (Å²) in [6.45, 7) is 3.15. The highest BCUT2D eigenvalue weighted by Gasteiger charge is 2.27. The van der Waals surface area contributed by atoms with E-state index in [1.807, 2.05) is 6.07 Å². The maximum absolute atomic E-state index is 13.0. The highest BCUT2D eigenvalue weighted by Crippen LogP contribution is 2.06. The fraction of sp³-hybridized carbons (Fsp3) is 0.519. The summed E-state index contributed by atoms with van der Waals surface area (Å²) < 4.78 is 0. The number of carboxylic acid groups (broad SMARTS) is 1. The second kappa shape index (κ2) is 22.9. The maximum Gasteiger partial charge on any atom is 0.300 e. The Morgan fingerprint density at radius 2 is 1.42 bits per heavy atom. The van der Waals surface area contributed by atoms with E-state index in [2.05, 4.69) is 38.5 Å². The Bertz CT molecular complexity index is 1060. The van der Waals surface area contributed by atoms with Gasteiger partial charge in [0.05, 0.1) is 19.6 Å². The van der Waals surface area contributed by atoms with Crippen LogP contribution in [-0.4, -0.2) is 91.4 Å². The molecule has 0 spiro atoms. The molecule has 0 radical (unpaired) electrons. The van der Waals surface area contributed by atoms with Gasteiger partial charge in [-0.25, -0.2) is 0 Å². The third-order valence-electron chi connectivity index (χ3n) is 5.39. The van der Waals surface area contributed by atoms with Gasteiger partial charge in [0.15, 0.2) is 5.96 Å². The molecule has 1 aliphatic heterocycles. The lowest BCUT2D eigenvalue weighted by atomic mass is 10.0. The molecule has 16 heteroatoms. The molecule has 0 aliphatic carbocycles. The van der Waals surface area contributed by atoms with Crippen LogP contribution in [0.5, 0.6) is 0 Å². The van der Waals surface area contributed by atoms with Gasteiger partial charge in [0.25, 0.3) is 5.97 Å². The van der Waals surface area contributed by atoms with Crippen LogP contribution < -0.4 is 43.8 Å². The molecule has 43 heavy (non-hydrogen) atoms. The van der Waals surface area contributed by atoms with E-state index in [9.17, 15) is 24.0 Å². The maximum atomic E-state index is 13.0. The zero-order valence-corrected chi connectivity index (χ0v) is 24.7. The monoisotopic (exact) mass is 607 g/mol. The molecule has 1 aliphatic rings. The molecular formula is C27H45N9O7. The highest BCUT2D eigenvalue weighted by atomic mass is 16.4. The number of guanidine groups is 1. The summed E-state index contributed by atoms with van der Waals surface area (Å²) in [5, 5.41) is 19.8. The molecule has 1 fully saturated rings. The molecule has 0 saturated carbocycles. The Kier molecular flexibility index (Phi) is 20.4. The quantitative estimate of drug-likeness (QED) is 0.0847. The van der Waals surface area contributed by atoms with Gasteiger partial charge in [-0.1, -0.05) is 43.7 Å². The van der Waals surface area contributed by atoms with Gasteiger partial charge in [-0.2, -0.15) is 0 Å². The van der Waals surface area contributed by atoms with Crippen molar-refractivity contribution in [3.05, 3.63) is 35.9 Å². The van der Waals surface area contributed by atoms with Gasteiger partial charge in [0.2, 0.25) is 29.5 Å². The number of nitrogens with zero attached hydrogens (tertiary/aromatic N) is 1. The average Bonchev–Trinajstić information content (AvgIpc) is 2.95. The molecule has 1 aromatic carbocycles. The molecule has 2 atom stereocenters. The number of nitrogens with one attached hydrogen (secondary N) is 5. The number of aliphatic imine (C=N–C) groups is 1. The van der Waals surface area contributed by atoms with Gasteiger partial charge >= 0.3 is 0 Å². The molecule has 0 bridgehead atoms. The van der Waals surface area contributed by atoms with Crippen LogP contribution >= 0.6 is 0 Å². The first kappa shape index (κ1) is 38.3. The number of unbranched alkanes of at least 4 members (excludes halogenated alkanes) is 1. The van der Waals surface area contributed by atoms with E-state index in [0.29, 0.717) is 6.42 Å². The number of hydrogen-bond acceptors (Lipinski definition) is 8. The summed E-state index contributed by atoms with van der Waals surface area (Å²) in [4.78, 5) is 74.8. The predicted octanol–water partition coefficient (Wildman–Crippen LogP) is -2.55. The number of nitrogens with two attached hydrogens (primary N) is 3. The van der Waals surface area contributed by atoms with E-state index in [1.54, 1.807) is 24.3 Å². The summed E-state index contributed by atoms with van der Waals surface area (Å²) in [6, 6.07) is 7.00. The van der Waals surface area contributed by atoms with E-state index in [0.717, 1.165) is 19.0 Å².